The number of hydrogen-bond acceptors (Lipinski definition) is 6. The van der Waals surface area contributed by atoms with Crippen LogP contribution in [0.5, 0.6) is 23.0 Å². The molecule has 0 bridgehead atoms. The summed E-state index contributed by atoms with van der Waals surface area (Å²) in [5, 5.41) is 10.6. The molecule has 0 fully saturated rings. The van der Waals surface area contributed by atoms with Crippen LogP contribution in [-0.4, -0.2) is 56.1 Å². The van der Waals surface area contributed by atoms with Gasteiger partial charge in [-0.05, 0) is 60.2 Å². The first kappa shape index (κ1) is 25.9. The van der Waals surface area contributed by atoms with Gasteiger partial charge in [0.25, 0.3) is 0 Å². The van der Waals surface area contributed by atoms with E-state index in [1.54, 1.807) is 43.5 Å². The molecule has 178 valence electrons. The van der Waals surface area contributed by atoms with Crippen LogP contribution in [0.25, 0.3) is 0 Å². The first-order valence-electron chi connectivity index (χ1n) is 11.0. The first-order chi connectivity index (χ1) is 15.5. The summed E-state index contributed by atoms with van der Waals surface area (Å²) < 4.78 is 21.9. The maximum Gasteiger partial charge on any atom is 0.195 e. The van der Waals surface area contributed by atoms with Gasteiger partial charge in [0, 0.05) is 11.3 Å². The Kier molecular flexibility index (Phi) is 10.7. The van der Waals surface area contributed by atoms with E-state index < -0.39 is 11.9 Å². The summed E-state index contributed by atoms with van der Waals surface area (Å²) >= 11 is 0. The smallest absolute Gasteiger partial charge is 0.195 e. The molecule has 2 aromatic carbocycles. The summed E-state index contributed by atoms with van der Waals surface area (Å²) in [5.41, 5.74) is 0.767. The fourth-order valence-corrected chi connectivity index (χ4v) is 5.81. The van der Waals surface area contributed by atoms with Crippen molar-refractivity contribution in [1.82, 2.24) is 0 Å². The number of ether oxygens (including phenoxy) is 4. The van der Waals surface area contributed by atoms with Crippen LogP contribution in [-0.2, 0) is 0 Å². The Morgan fingerprint density at radius 2 is 1.44 bits per heavy atom. The molecule has 1 atom stereocenters. The van der Waals surface area contributed by atoms with E-state index in [0.717, 1.165) is 5.75 Å². The SMILES string of the molecule is CCC[SH](CCC)CCOc1ccc(C(=O)C(O)c2ccc(OC)c(OC)c2)cc1OC. The number of aliphatic hydroxyl groups excluding tert-OH is 1. The second-order valence-corrected chi connectivity index (χ2v) is 10.1. The van der Waals surface area contributed by atoms with Crippen LogP contribution in [0.1, 0.15) is 48.7 Å². The molecular weight excluding hydrogens is 428 g/mol. The Morgan fingerprint density at radius 1 is 0.844 bits per heavy atom. The summed E-state index contributed by atoms with van der Waals surface area (Å²) in [5.74, 6) is 5.22. The highest BCUT2D eigenvalue weighted by Crippen LogP contribution is 2.34. The van der Waals surface area contributed by atoms with Gasteiger partial charge in [-0.1, -0.05) is 19.9 Å². The molecule has 0 aliphatic rings. The minimum Gasteiger partial charge on any atom is -0.493 e. The minimum absolute atomic E-state index is 0.00216. The maximum absolute atomic E-state index is 12.9. The van der Waals surface area contributed by atoms with E-state index in [1.165, 1.54) is 38.6 Å². The van der Waals surface area contributed by atoms with Crippen molar-refractivity contribution in [1.29, 1.82) is 0 Å². The highest BCUT2D eigenvalue weighted by atomic mass is 32.2. The molecule has 0 aromatic heterocycles. The average molecular weight is 465 g/mol. The lowest BCUT2D eigenvalue weighted by atomic mass is 9.99. The lowest BCUT2D eigenvalue weighted by Gasteiger charge is -2.21. The van der Waals surface area contributed by atoms with Crippen LogP contribution in [0.3, 0.4) is 0 Å². The van der Waals surface area contributed by atoms with E-state index in [2.05, 4.69) is 13.8 Å². The number of aliphatic hydroxyl groups is 1. The Hall–Kier alpha value is -2.38. The van der Waals surface area contributed by atoms with Crippen molar-refractivity contribution >= 4 is 16.7 Å². The molecule has 0 aliphatic carbocycles. The molecule has 2 rings (SSSR count). The van der Waals surface area contributed by atoms with E-state index in [4.69, 9.17) is 18.9 Å². The van der Waals surface area contributed by atoms with Crippen LogP contribution < -0.4 is 18.9 Å². The number of ketones is 1. The van der Waals surface area contributed by atoms with Gasteiger partial charge in [0.2, 0.25) is 0 Å². The van der Waals surface area contributed by atoms with Gasteiger partial charge in [-0.3, -0.25) is 15.7 Å². The zero-order valence-corrected chi connectivity index (χ0v) is 20.6. The number of benzene rings is 2. The Labute approximate surface area is 194 Å². The van der Waals surface area contributed by atoms with Crippen molar-refractivity contribution in [2.24, 2.45) is 0 Å². The fourth-order valence-electron chi connectivity index (χ4n) is 3.52. The number of rotatable bonds is 14. The van der Waals surface area contributed by atoms with Crippen LogP contribution in [0.4, 0.5) is 0 Å². The highest BCUT2D eigenvalue weighted by Gasteiger charge is 2.22. The Morgan fingerprint density at radius 3 is 2.03 bits per heavy atom. The van der Waals surface area contributed by atoms with Crippen molar-refractivity contribution in [3.05, 3.63) is 47.5 Å². The van der Waals surface area contributed by atoms with E-state index in [-0.39, 0.29) is 10.9 Å². The second kappa shape index (κ2) is 13.2. The zero-order chi connectivity index (χ0) is 23.5. The summed E-state index contributed by atoms with van der Waals surface area (Å²) in [6, 6.07) is 9.90. The third-order valence-electron chi connectivity index (χ3n) is 5.16. The van der Waals surface area contributed by atoms with Crippen LogP contribution in [0, 0.1) is 0 Å². The Balaban J connectivity index is 2.11. The quantitative estimate of drug-likeness (QED) is 0.308. The van der Waals surface area contributed by atoms with E-state index in [1.807, 2.05) is 0 Å². The molecular formula is C25H36O6S. The predicted octanol–water partition coefficient (Wildman–Crippen LogP) is 4.83. The molecule has 2 aromatic rings. The molecule has 7 heteroatoms. The molecule has 0 radical (unpaired) electrons. The van der Waals surface area contributed by atoms with Crippen molar-refractivity contribution in [2.45, 2.75) is 32.8 Å². The van der Waals surface area contributed by atoms with Crippen LogP contribution >= 0.6 is 10.9 Å². The largest absolute Gasteiger partial charge is 0.493 e. The molecule has 0 heterocycles. The van der Waals surface area contributed by atoms with Gasteiger partial charge in [-0.2, -0.15) is 0 Å². The molecule has 1 N–H and O–H groups in total. The third kappa shape index (κ3) is 6.81. The molecule has 0 saturated heterocycles. The zero-order valence-electron chi connectivity index (χ0n) is 19.7. The van der Waals surface area contributed by atoms with Crippen LogP contribution in [0.15, 0.2) is 36.4 Å². The molecule has 6 nitrogen and oxygen atoms in total. The monoisotopic (exact) mass is 464 g/mol. The first-order valence-corrected chi connectivity index (χ1v) is 12.9. The van der Waals surface area contributed by atoms with E-state index >= 15 is 0 Å². The number of hydrogen-bond donors (Lipinski definition) is 2. The summed E-state index contributed by atoms with van der Waals surface area (Å²) in [6.45, 7) is 5.08. The van der Waals surface area contributed by atoms with Gasteiger partial charge in [-0.15, -0.1) is 0 Å². The van der Waals surface area contributed by atoms with E-state index in [9.17, 15) is 9.90 Å². The molecule has 0 aliphatic heterocycles. The molecule has 0 saturated carbocycles. The number of carbonyl (C=O) groups is 1. The predicted molar refractivity (Wildman–Crippen MR) is 131 cm³/mol. The Bertz CT molecular complexity index is 864. The maximum atomic E-state index is 12.9. The number of thiol groups is 1. The molecule has 1 unspecified atom stereocenters. The van der Waals surface area contributed by atoms with Gasteiger partial charge in [-0.25, -0.2) is 0 Å². The van der Waals surface area contributed by atoms with Crippen molar-refractivity contribution in [3.8, 4) is 23.0 Å². The van der Waals surface area contributed by atoms with Crippen molar-refractivity contribution in [3.63, 3.8) is 0 Å². The van der Waals surface area contributed by atoms with Gasteiger partial charge in [0.15, 0.2) is 28.8 Å². The molecule has 0 amide bonds. The number of methoxy groups -OCH3 is 3. The van der Waals surface area contributed by atoms with Crippen molar-refractivity contribution in [2.75, 3.05) is 45.2 Å². The minimum atomic E-state index is -1.34. The molecule has 0 spiro atoms. The molecule has 32 heavy (non-hydrogen) atoms. The standard InChI is InChI=1S/C25H36O6S/c1-6-13-32(14-7-2)15-12-31-21-11-9-19(17-23(21)30-5)25(27)24(26)18-8-10-20(28-3)22(16-18)29-4/h8-11,16-17,24,26,32H,6-7,12-15H2,1-5H3. The normalized spacial score (nSPS) is 12.1. The highest BCUT2D eigenvalue weighted by molar-refractivity contribution is 8.17. The van der Waals surface area contributed by atoms with Gasteiger partial charge in [0.1, 0.15) is 6.10 Å². The van der Waals surface area contributed by atoms with Gasteiger partial charge < -0.3 is 24.1 Å². The van der Waals surface area contributed by atoms with E-state index in [0.29, 0.717) is 40.7 Å². The second-order valence-electron chi connectivity index (χ2n) is 7.44. The fraction of sp³-hybridized carbons (Fsp3) is 0.480. The van der Waals surface area contributed by atoms with Crippen LogP contribution in [0.2, 0.25) is 0 Å². The number of carbonyl (C=O) groups excluding carboxylic acids is 1. The van der Waals surface area contributed by atoms with Gasteiger partial charge in [0.05, 0.1) is 27.9 Å². The summed E-state index contributed by atoms with van der Waals surface area (Å²) in [4.78, 5) is 12.9. The van der Waals surface area contributed by atoms with Gasteiger partial charge >= 0.3 is 0 Å². The summed E-state index contributed by atoms with van der Waals surface area (Å²) in [6.07, 6.45) is 1.07. The number of Topliss-reactive ketones (excluding diaryl/α,β-unsaturated/α-hetero) is 1. The van der Waals surface area contributed by atoms with Crippen molar-refractivity contribution < 1.29 is 28.8 Å². The lowest BCUT2D eigenvalue weighted by Crippen LogP contribution is -2.13. The average Bonchev–Trinajstić information content (AvgIpc) is 2.82. The lowest BCUT2D eigenvalue weighted by molar-refractivity contribution is 0.0746. The third-order valence-corrected chi connectivity index (χ3v) is 8.14. The topological polar surface area (TPSA) is 74.2 Å². The summed E-state index contributed by atoms with van der Waals surface area (Å²) in [7, 11) is 4.58.